The van der Waals surface area contributed by atoms with Gasteiger partial charge >= 0.3 is 12.6 Å². The van der Waals surface area contributed by atoms with Gasteiger partial charge in [-0.15, -0.1) is 0 Å². The van der Waals surface area contributed by atoms with Crippen molar-refractivity contribution in [2.45, 2.75) is 6.61 Å². The number of aromatic carboxylic acids is 1. The number of carbonyl (C=O) groups is 1. The van der Waals surface area contributed by atoms with E-state index in [4.69, 9.17) is 34.0 Å². The SMILES string of the molecule is Nc1c(F)c(-c2ccc(OC(F)F)nc2Cl)nc(C(=O)O)c1Cl. The molecule has 0 aliphatic carbocycles. The van der Waals surface area contributed by atoms with Crippen molar-refractivity contribution in [1.82, 2.24) is 9.97 Å². The molecule has 0 radical (unpaired) electrons. The van der Waals surface area contributed by atoms with Crippen LogP contribution in [0.4, 0.5) is 18.9 Å². The number of ether oxygens (including phenoxy) is 1. The molecule has 6 nitrogen and oxygen atoms in total. The lowest BCUT2D eigenvalue weighted by molar-refractivity contribution is -0.0528. The average molecular weight is 368 g/mol. The predicted octanol–water partition coefficient (Wildman–Crippen LogP) is 3.47. The van der Waals surface area contributed by atoms with Gasteiger partial charge in [-0.2, -0.15) is 8.78 Å². The van der Waals surface area contributed by atoms with Gasteiger partial charge in [0.25, 0.3) is 0 Å². The average Bonchev–Trinajstić information content (AvgIpc) is 2.45. The summed E-state index contributed by atoms with van der Waals surface area (Å²) in [6.45, 7) is -3.12. The zero-order valence-corrected chi connectivity index (χ0v) is 12.4. The fourth-order valence-electron chi connectivity index (χ4n) is 1.63. The van der Waals surface area contributed by atoms with Gasteiger partial charge in [0.15, 0.2) is 11.5 Å². The summed E-state index contributed by atoms with van der Waals surface area (Å²) in [7, 11) is 0. The lowest BCUT2D eigenvalue weighted by Gasteiger charge is -2.11. The molecule has 0 aromatic carbocycles. The number of halogens is 5. The number of hydrogen-bond acceptors (Lipinski definition) is 5. The molecule has 2 heterocycles. The highest BCUT2D eigenvalue weighted by atomic mass is 35.5. The van der Waals surface area contributed by atoms with E-state index in [-0.39, 0.29) is 5.56 Å². The monoisotopic (exact) mass is 367 g/mol. The number of carboxylic acids is 1. The third-order valence-corrected chi connectivity index (χ3v) is 3.27. The van der Waals surface area contributed by atoms with Crippen LogP contribution in [0.25, 0.3) is 11.3 Å². The Labute approximate surface area is 136 Å². The number of alkyl halides is 2. The summed E-state index contributed by atoms with van der Waals surface area (Å²) in [5.41, 5.74) is 3.37. The highest BCUT2D eigenvalue weighted by Gasteiger charge is 2.23. The van der Waals surface area contributed by atoms with E-state index in [0.29, 0.717) is 0 Å². The minimum absolute atomic E-state index is 0.170. The fourth-order valence-corrected chi connectivity index (χ4v) is 2.07. The molecule has 122 valence electrons. The van der Waals surface area contributed by atoms with Gasteiger partial charge in [0, 0.05) is 11.6 Å². The van der Waals surface area contributed by atoms with Gasteiger partial charge in [-0.25, -0.2) is 19.2 Å². The molecule has 0 amide bonds. The summed E-state index contributed by atoms with van der Waals surface area (Å²) < 4.78 is 42.4. The largest absolute Gasteiger partial charge is 0.476 e. The van der Waals surface area contributed by atoms with Gasteiger partial charge in [0.05, 0.1) is 10.7 Å². The normalized spacial score (nSPS) is 10.9. The molecule has 2 rings (SSSR count). The van der Waals surface area contributed by atoms with Crippen LogP contribution in [0.15, 0.2) is 12.1 Å². The van der Waals surface area contributed by atoms with E-state index in [1.165, 1.54) is 0 Å². The molecule has 0 aliphatic rings. The Balaban J connectivity index is 2.60. The van der Waals surface area contributed by atoms with E-state index in [2.05, 4.69) is 14.7 Å². The molecule has 0 bridgehead atoms. The first-order valence-electron chi connectivity index (χ1n) is 5.71. The standard InChI is InChI=1S/C12H6Cl2F3N3O3/c13-5-7(18)6(15)8(20-9(5)11(21)22)3-1-2-4(19-10(3)14)23-12(16)17/h1-2,12H,(H2,18,20)(H,21,22). The molecule has 0 unspecified atom stereocenters. The third-order valence-electron chi connectivity index (χ3n) is 2.60. The van der Waals surface area contributed by atoms with E-state index in [0.717, 1.165) is 12.1 Å². The Morgan fingerprint density at radius 3 is 2.48 bits per heavy atom. The van der Waals surface area contributed by atoms with Crippen molar-refractivity contribution in [3.63, 3.8) is 0 Å². The smallest absolute Gasteiger partial charge is 0.388 e. The second-order valence-corrected chi connectivity index (χ2v) is 4.76. The van der Waals surface area contributed by atoms with Crippen LogP contribution in [0.5, 0.6) is 5.88 Å². The molecular weight excluding hydrogens is 362 g/mol. The Kier molecular flexibility index (Phi) is 4.81. The van der Waals surface area contributed by atoms with Gasteiger partial charge in [-0.05, 0) is 6.07 Å². The minimum Gasteiger partial charge on any atom is -0.476 e. The van der Waals surface area contributed by atoms with Gasteiger partial charge in [-0.3, -0.25) is 0 Å². The van der Waals surface area contributed by atoms with Crippen molar-refractivity contribution in [1.29, 1.82) is 0 Å². The van der Waals surface area contributed by atoms with Gasteiger partial charge < -0.3 is 15.6 Å². The van der Waals surface area contributed by atoms with Crippen LogP contribution in [0.2, 0.25) is 10.2 Å². The van der Waals surface area contributed by atoms with Gasteiger partial charge in [0.1, 0.15) is 10.8 Å². The van der Waals surface area contributed by atoms with E-state index in [1.54, 1.807) is 0 Å². The minimum atomic E-state index is -3.12. The summed E-state index contributed by atoms with van der Waals surface area (Å²) in [4.78, 5) is 18.1. The number of nitrogens with two attached hydrogens (primary N) is 1. The second-order valence-electron chi connectivity index (χ2n) is 4.02. The zero-order valence-electron chi connectivity index (χ0n) is 10.9. The van der Waals surface area contributed by atoms with Crippen molar-refractivity contribution >= 4 is 34.9 Å². The number of rotatable bonds is 4. The zero-order chi connectivity index (χ0) is 17.3. The van der Waals surface area contributed by atoms with Crippen molar-refractivity contribution in [2.24, 2.45) is 0 Å². The number of hydrogen-bond donors (Lipinski definition) is 2. The maximum Gasteiger partial charge on any atom is 0.388 e. The van der Waals surface area contributed by atoms with Crippen LogP contribution in [-0.2, 0) is 0 Å². The molecule has 11 heteroatoms. The van der Waals surface area contributed by atoms with Crippen LogP contribution in [0.3, 0.4) is 0 Å². The van der Waals surface area contributed by atoms with E-state index >= 15 is 0 Å². The molecule has 0 saturated carbocycles. The quantitative estimate of drug-likeness (QED) is 0.802. The molecule has 0 atom stereocenters. The van der Waals surface area contributed by atoms with Crippen molar-refractivity contribution in [3.05, 3.63) is 33.8 Å². The lowest BCUT2D eigenvalue weighted by atomic mass is 10.1. The number of nitrogen functional groups attached to an aromatic ring is 1. The Morgan fingerprint density at radius 1 is 1.30 bits per heavy atom. The Bertz CT molecular complexity index is 790. The summed E-state index contributed by atoms with van der Waals surface area (Å²) in [5.74, 6) is -3.16. The van der Waals surface area contributed by atoms with E-state index in [9.17, 15) is 18.0 Å². The first kappa shape index (κ1) is 17.1. The summed E-state index contributed by atoms with van der Waals surface area (Å²) in [6.07, 6.45) is 0. The summed E-state index contributed by atoms with van der Waals surface area (Å²) in [5, 5.41) is 7.98. The fraction of sp³-hybridized carbons (Fsp3) is 0.0833. The molecule has 0 aliphatic heterocycles. The molecule has 23 heavy (non-hydrogen) atoms. The van der Waals surface area contributed by atoms with Gasteiger partial charge in [0.2, 0.25) is 5.88 Å². The first-order valence-corrected chi connectivity index (χ1v) is 6.47. The Morgan fingerprint density at radius 2 is 1.96 bits per heavy atom. The number of pyridine rings is 2. The predicted molar refractivity (Wildman–Crippen MR) is 75.4 cm³/mol. The van der Waals surface area contributed by atoms with Crippen LogP contribution in [-0.4, -0.2) is 27.7 Å². The van der Waals surface area contributed by atoms with Crippen LogP contribution >= 0.6 is 23.2 Å². The van der Waals surface area contributed by atoms with Crippen LogP contribution in [0, 0.1) is 5.82 Å². The summed E-state index contributed by atoms with van der Waals surface area (Å²) >= 11 is 11.4. The number of aromatic nitrogens is 2. The van der Waals surface area contributed by atoms with Crippen LogP contribution in [0.1, 0.15) is 10.5 Å². The summed E-state index contributed by atoms with van der Waals surface area (Å²) in [6, 6.07) is 2.07. The molecule has 0 fully saturated rings. The van der Waals surface area contributed by atoms with Crippen molar-refractivity contribution in [3.8, 4) is 17.1 Å². The van der Waals surface area contributed by atoms with Gasteiger partial charge in [-0.1, -0.05) is 23.2 Å². The molecule has 0 saturated heterocycles. The van der Waals surface area contributed by atoms with Crippen LogP contribution < -0.4 is 10.5 Å². The number of carboxylic acid groups (broad SMARTS) is 1. The first-order chi connectivity index (χ1) is 10.7. The van der Waals surface area contributed by atoms with E-state index in [1.807, 2.05) is 0 Å². The highest BCUT2D eigenvalue weighted by molar-refractivity contribution is 6.36. The maximum absolute atomic E-state index is 14.2. The molecule has 2 aromatic rings. The van der Waals surface area contributed by atoms with E-state index < -0.39 is 51.5 Å². The number of nitrogens with zero attached hydrogens (tertiary/aromatic N) is 2. The molecule has 2 aromatic heterocycles. The lowest BCUT2D eigenvalue weighted by Crippen LogP contribution is -2.09. The Hall–Kier alpha value is -2.26. The maximum atomic E-state index is 14.2. The van der Waals surface area contributed by atoms with Crippen molar-refractivity contribution in [2.75, 3.05) is 5.73 Å². The molecule has 3 N–H and O–H groups in total. The topological polar surface area (TPSA) is 98.3 Å². The highest BCUT2D eigenvalue weighted by Crippen LogP contribution is 2.35. The van der Waals surface area contributed by atoms with Crippen molar-refractivity contribution < 1.29 is 27.8 Å². The second kappa shape index (κ2) is 6.47. The molecular formula is C12H6Cl2F3N3O3. The third kappa shape index (κ3) is 3.40. The molecule has 0 spiro atoms. The number of anilines is 1.